The van der Waals surface area contributed by atoms with Gasteiger partial charge in [-0.2, -0.15) is 0 Å². The number of nitrogens with one attached hydrogen (secondary N) is 3. The van der Waals surface area contributed by atoms with E-state index >= 15 is 0 Å². The molecule has 0 aliphatic heterocycles. The Hall–Kier alpha value is -4.29. The van der Waals surface area contributed by atoms with Crippen LogP contribution in [-0.2, 0) is 10.0 Å². The molecule has 0 spiro atoms. The zero-order chi connectivity index (χ0) is 26.0. The number of sulfonamides is 1. The minimum Gasteiger partial charge on any atom is -0.492 e. The number of amides is 3. The topological polar surface area (TPSA) is 164 Å². The monoisotopic (exact) mass is 512 g/mol. The number of para-hydroxylation sites is 1. The minimum atomic E-state index is -4.23. The summed E-state index contributed by atoms with van der Waals surface area (Å²) in [5.41, 5.74) is 0.161. The molecule has 0 bridgehead atoms. The third-order valence-corrected chi connectivity index (χ3v) is 6.06. The number of aromatic nitrogens is 1. The van der Waals surface area contributed by atoms with Gasteiger partial charge < -0.3 is 20.5 Å². The summed E-state index contributed by atoms with van der Waals surface area (Å²) in [6, 6.07) is 16.7. The number of aliphatic hydroxyl groups excluding tert-OH is 1. The number of benzene rings is 2. The highest BCUT2D eigenvalue weighted by atomic mass is 32.2. The van der Waals surface area contributed by atoms with E-state index < -0.39 is 27.7 Å². The van der Waals surface area contributed by atoms with Crippen LogP contribution >= 0.6 is 0 Å². The number of rotatable bonds is 11. The average molecular weight is 513 g/mol. The van der Waals surface area contributed by atoms with Crippen LogP contribution in [-0.4, -0.2) is 62.5 Å². The van der Waals surface area contributed by atoms with Gasteiger partial charge >= 0.3 is 0 Å². The maximum Gasteiger partial charge on any atom is 0.269 e. The van der Waals surface area contributed by atoms with Crippen molar-refractivity contribution < 1.29 is 32.6 Å². The molecule has 1 aromatic heterocycles. The molecule has 0 radical (unpaired) electrons. The fourth-order valence-electron chi connectivity index (χ4n) is 2.90. The molecule has 0 fully saturated rings. The Labute approximate surface area is 207 Å². The molecule has 36 heavy (non-hydrogen) atoms. The fraction of sp³-hybridized carbons (Fsp3) is 0.167. The van der Waals surface area contributed by atoms with Crippen molar-refractivity contribution in [2.75, 3.05) is 26.3 Å². The zero-order valence-corrected chi connectivity index (χ0v) is 19.8. The second-order valence-electron chi connectivity index (χ2n) is 7.29. The fourth-order valence-corrected chi connectivity index (χ4v) is 3.87. The molecule has 0 saturated carbocycles. The predicted octanol–water partition coefficient (Wildman–Crippen LogP) is 0.731. The van der Waals surface area contributed by atoms with Crippen LogP contribution in [0.4, 0.5) is 0 Å². The van der Waals surface area contributed by atoms with Gasteiger partial charge in [-0.15, -0.1) is 0 Å². The Balaban J connectivity index is 1.53. The minimum absolute atomic E-state index is 0.00310. The SMILES string of the molecule is O=C(NCCOc1ccccc1)c1ccc(S(=O)(=O)NC(=O)c2ccc(C(=O)NCCO)nc2)cc1. The van der Waals surface area contributed by atoms with Crippen molar-refractivity contribution in [2.45, 2.75) is 4.90 Å². The lowest BCUT2D eigenvalue weighted by molar-refractivity contribution is 0.0934. The van der Waals surface area contributed by atoms with Crippen molar-refractivity contribution in [3.63, 3.8) is 0 Å². The van der Waals surface area contributed by atoms with E-state index in [1.165, 1.54) is 36.4 Å². The Morgan fingerprint density at radius 1 is 0.806 bits per heavy atom. The molecule has 11 nitrogen and oxygen atoms in total. The van der Waals surface area contributed by atoms with Crippen molar-refractivity contribution >= 4 is 27.7 Å². The van der Waals surface area contributed by atoms with Gasteiger partial charge in [0.15, 0.2) is 0 Å². The molecule has 3 aromatic rings. The second kappa shape index (κ2) is 12.4. The number of nitrogens with zero attached hydrogens (tertiary/aromatic N) is 1. The van der Waals surface area contributed by atoms with Crippen molar-refractivity contribution in [3.8, 4) is 5.75 Å². The second-order valence-corrected chi connectivity index (χ2v) is 8.97. The van der Waals surface area contributed by atoms with E-state index in [1.54, 1.807) is 12.1 Å². The van der Waals surface area contributed by atoms with Crippen LogP contribution in [0.25, 0.3) is 0 Å². The molecule has 3 amide bonds. The molecule has 0 atom stereocenters. The smallest absolute Gasteiger partial charge is 0.269 e. The van der Waals surface area contributed by atoms with Gasteiger partial charge in [-0.1, -0.05) is 18.2 Å². The third-order valence-electron chi connectivity index (χ3n) is 4.71. The van der Waals surface area contributed by atoms with Crippen LogP contribution in [0.2, 0.25) is 0 Å². The van der Waals surface area contributed by atoms with Crippen LogP contribution in [0.15, 0.2) is 77.8 Å². The first-order valence-electron chi connectivity index (χ1n) is 10.8. The summed E-state index contributed by atoms with van der Waals surface area (Å²) in [6.07, 6.45) is 1.06. The lowest BCUT2D eigenvalue weighted by Crippen LogP contribution is -2.31. The third kappa shape index (κ3) is 7.35. The maximum atomic E-state index is 12.6. The predicted molar refractivity (Wildman–Crippen MR) is 129 cm³/mol. The molecule has 12 heteroatoms. The van der Waals surface area contributed by atoms with Crippen LogP contribution < -0.4 is 20.1 Å². The van der Waals surface area contributed by atoms with Crippen LogP contribution in [0.1, 0.15) is 31.2 Å². The van der Waals surface area contributed by atoms with Gasteiger partial charge in [0.05, 0.1) is 23.6 Å². The van der Waals surface area contributed by atoms with E-state index in [-0.39, 0.29) is 48.0 Å². The average Bonchev–Trinajstić information content (AvgIpc) is 2.90. The normalized spacial score (nSPS) is 10.8. The summed E-state index contributed by atoms with van der Waals surface area (Å²) >= 11 is 0. The maximum absolute atomic E-state index is 12.6. The van der Waals surface area contributed by atoms with Crippen LogP contribution in [0.5, 0.6) is 5.75 Å². The summed E-state index contributed by atoms with van der Waals surface area (Å²) in [6.45, 7) is 0.320. The largest absolute Gasteiger partial charge is 0.492 e. The summed E-state index contributed by atoms with van der Waals surface area (Å²) in [5.74, 6) is -1.21. The molecule has 0 aliphatic rings. The molecule has 4 N–H and O–H groups in total. The summed E-state index contributed by atoms with van der Waals surface area (Å²) in [5, 5.41) is 13.8. The molecule has 0 aliphatic carbocycles. The van der Waals surface area contributed by atoms with Gasteiger partial charge in [-0.05, 0) is 48.5 Å². The number of ether oxygens (including phenoxy) is 1. The number of hydrogen-bond donors (Lipinski definition) is 4. The van der Waals surface area contributed by atoms with Crippen LogP contribution in [0, 0.1) is 0 Å². The quantitative estimate of drug-likeness (QED) is 0.273. The van der Waals surface area contributed by atoms with Crippen LogP contribution in [0.3, 0.4) is 0 Å². The highest BCUT2D eigenvalue weighted by Crippen LogP contribution is 2.12. The summed E-state index contributed by atoms with van der Waals surface area (Å²) in [7, 11) is -4.23. The number of aliphatic hydroxyl groups is 1. The molecular weight excluding hydrogens is 488 g/mol. The Morgan fingerprint density at radius 2 is 1.47 bits per heavy atom. The number of pyridine rings is 1. The first-order chi connectivity index (χ1) is 17.3. The molecule has 2 aromatic carbocycles. The summed E-state index contributed by atoms with van der Waals surface area (Å²) in [4.78, 5) is 40.1. The van der Waals surface area contributed by atoms with E-state index in [2.05, 4.69) is 15.6 Å². The Morgan fingerprint density at radius 3 is 2.11 bits per heavy atom. The van der Waals surface area contributed by atoms with Gasteiger partial charge in [0.25, 0.3) is 27.7 Å². The number of carbonyl (C=O) groups is 3. The molecule has 1 heterocycles. The highest BCUT2D eigenvalue weighted by molar-refractivity contribution is 7.90. The van der Waals surface area contributed by atoms with E-state index in [9.17, 15) is 22.8 Å². The molecular formula is C24H24N4O7S. The van der Waals surface area contributed by atoms with Gasteiger partial charge in [-0.25, -0.2) is 13.1 Å². The molecule has 0 saturated heterocycles. The molecule has 3 rings (SSSR count). The summed E-state index contributed by atoms with van der Waals surface area (Å²) < 4.78 is 32.6. The van der Waals surface area contributed by atoms with Gasteiger partial charge in [0, 0.05) is 18.3 Å². The van der Waals surface area contributed by atoms with Gasteiger partial charge in [-0.3, -0.25) is 19.4 Å². The first kappa shape index (κ1) is 26.3. The number of carbonyl (C=O) groups excluding carboxylic acids is 3. The Bertz CT molecular complexity index is 1300. The van der Waals surface area contributed by atoms with E-state index in [0.29, 0.717) is 5.75 Å². The van der Waals surface area contributed by atoms with Crippen molar-refractivity contribution in [1.29, 1.82) is 0 Å². The van der Waals surface area contributed by atoms with Crippen molar-refractivity contribution in [2.24, 2.45) is 0 Å². The van der Waals surface area contributed by atoms with E-state index in [4.69, 9.17) is 9.84 Å². The van der Waals surface area contributed by atoms with E-state index in [1.807, 2.05) is 22.9 Å². The number of hydrogen-bond acceptors (Lipinski definition) is 8. The van der Waals surface area contributed by atoms with Crippen molar-refractivity contribution in [1.82, 2.24) is 20.3 Å². The highest BCUT2D eigenvalue weighted by Gasteiger charge is 2.20. The first-order valence-corrected chi connectivity index (χ1v) is 12.3. The standard InChI is InChI=1S/C24H24N4O7S/c29-14-12-25-24(32)21-11-8-18(16-27-21)23(31)28-36(33,34)20-9-6-17(7-10-20)22(30)26-13-15-35-19-4-2-1-3-5-19/h1-11,16,29H,12-15H2,(H,25,32)(H,26,30)(H,28,31). The molecule has 188 valence electrons. The van der Waals surface area contributed by atoms with Gasteiger partial charge in [0.2, 0.25) is 0 Å². The lowest BCUT2D eigenvalue weighted by atomic mass is 10.2. The van der Waals surface area contributed by atoms with E-state index in [0.717, 1.165) is 6.20 Å². The van der Waals surface area contributed by atoms with Crippen molar-refractivity contribution in [3.05, 3.63) is 89.7 Å². The zero-order valence-electron chi connectivity index (χ0n) is 19.0. The van der Waals surface area contributed by atoms with Gasteiger partial charge in [0.1, 0.15) is 18.1 Å². The molecule has 0 unspecified atom stereocenters. The lowest BCUT2D eigenvalue weighted by Gasteiger charge is -2.09. The Kier molecular flexibility index (Phi) is 9.08.